The van der Waals surface area contributed by atoms with Gasteiger partial charge >= 0.3 is 0 Å². The molecular weight excluding hydrogens is 342 g/mol. The van der Waals surface area contributed by atoms with Crippen molar-refractivity contribution < 1.29 is 14.2 Å². The normalized spacial score (nSPS) is 10.6. The van der Waals surface area contributed by atoms with Gasteiger partial charge in [-0.15, -0.1) is 0 Å². The number of rotatable bonds is 7. The van der Waals surface area contributed by atoms with E-state index < -0.39 is 0 Å². The van der Waals surface area contributed by atoms with E-state index in [1.807, 2.05) is 32.0 Å². The molecule has 0 atom stereocenters. The van der Waals surface area contributed by atoms with Crippen LogP contribution in [0.25, 0.3) is 11.3 Å². The lowest BCUT2D eigenvalue weighted by molar-refractivity contribution is 0.102. The van der Waals surface area contributed by atoms with Crippen molar-refractivity contribution in [1.82, 2.24) is 10.3 Å². The summed E-state index contributed by atoms with van der Waals surface area (Å²) in [5, 5.41) is 10.6. The number of aryl methyl sites for hydroxylation is 2. The fraction of sp³-hybridized carbons (Fsp3) is 0.286. The van der Waals surface area contributed by atoms with E-state index in [0.29, 0.717) is 23.7 Å². The minimum atomic E-state index is -0.280. The van der Waals surface area contributed by atoms with Gasteiger partial charge < -0.3 is 10.1 Å². The number of nitrogens with one attached hydrogen (secondary N) is 1. The van der Waals surface area contributed by atoms with Gasteiger partial charge in [0.05, 0.1) is 6.61 Å². The van der Waals surface area contributed by atoms with E-state index in [0.717, 1.165) is 35.3 Å². The van der Waals surface area contributed by atoms with Crippen LogP contribution in [0.5, 0.6) is 5.75 Å². The Labute approximate surface area is 158 Å². The van der Waals surface area contributed by atoms with Crippen molar-refractivity contribution in [3.05, 3.63) is 59.2 Å². The summed E-state index contributed by atoms with van der Waals surface area (Å²) in [5.74, 6) is 0.772. The molecule has 0 saturated heterocycles. The number of nitrogens with zero attached hydrogens (tertiary/aromatic N) is 2. The first kappa shape index (κ1) is 18.6. The highest BCUT2D eigenvalue weighted by atomic mass is 16.6. The number of aromatic nitrogens is 2. The first-order valence-corrected chi connectivity index (χ1v) is 9.03. The topological polar surface area (TPSA) is 77.2 Å². The molecule has 0 aliphatic carbocycles. The Morgan fingerprint density at radius 3 is 2.63 bits per heavy atom. The molecule has 0 bridgehead atoms. The van der Waals surface area contributed by atoms with Crippen LogP contribution in [0.4, 0.5) is 5.82 Å². The molecular formula is C21H23N3O3. The molecule has 0 fully saturated rings. The molecule has 1 heterocycles. The lowest BCUT2D eigenvalue weighted by Crippen LogP contribution is -2.13. The van der Waals surface area contributed by atoms with Gasteiger partial charge in [0, 0.05) is 11.1 Å². The molecule has 2 aromatic carbocycles. The van der Waals surface area contributed by atoms with Crippen molar-refractivity contribution in [3.63, 3.8) is 0 Å². The summed E-state index contributed by atoms with van der Waals surface area (Å²) in [6.45, 7) is 6.76. The molecule has 0 spiro atoms. The van der Waals surface area contributed by atoms with E-state index in [4.69, 9.17) is 9.37 Å². The Bertz CT molecular complexity index is 917. The molecule has 1 amide bonds. The number of hydrogen-bond acceptors (Lipinski definition) is 5. The molecule has 0 unspecified atom stereocenters. The number of carbonyl (C=O) groups is 1. The zero-order valence-corrected chi connectivity index (χ0v) is 15.8. The number of anilines is 1. The summed E-state index contributed by atoms with van der Waals surface area (Å²) >= 11 is 0. The summed E-state index contributed by atoms with van der Waals surface area (Å²) in [6.07, 6.45) is 2.08. The van der Waals surface area contributed by atoms with Crippen LogP contribution in [0.2, 0.25) is 0 Å². The van der Waals surface area contributed by atoms with E-state index in [9.17, 15) is 4.79 Å². The number of amides is 1. The maximum absolute atomic E-state index is 12.6. The molecule has 1 N–H and O–H groups in total. The maximum atomic E-state index is 12.6. The summed E-state index contributed by atoms with van der Waals surface area (Å²) in [5.41, 5.74) is 4.03. The Morgan fingerprint density at radius 2 is 1.89 bits per heavy atom. The summed E-state index contributed by atoms with van der Waals surface area (Å²) in [6, 6.07) is 13.0. The maximum Gasteiger partial charge on any atom is 0.256 e. The van der Waals surface area contributed by atoms with Gasteiger partial charge in [0.1, 0.15) is 5.75 Å². The molecule has 140 valence electrons. The van der Waals surface area contributed by atoms with Gasteiger partial charge in [-0.2, -0.15) is 0 Å². The fourth-order valence-electron chi connectivity index (χ4n) is 2.65. The second-order valence-corrected chi connectivity index (χ2v) is 6.46. The predicted molar refractivity (Wildman–Crippen MR) is 104 cm³/mol. The molecule has 0 saturated carbocycles. The number of benzene rings is 2. The van der Waals surface area contributed by atoms with Gasteiger partial charge in [-0.05, 0) is 66.5 Å². The van der Waals surface area contributed by atoms with Gasteiger partial charge in [-0.3, -0.25) is 4.79 Å². The second kappa shape index (κ2) is 8.49. The van der Waals surface area contributed by atoms with Crippen molar-refractivity contribution in [2.75, 3.05) is 11.9 Å². The van der Waals surface area contributed by atoms with Crippen LogP contribution in [0.1, 0.15) is 41.3 Å². The lowest BCUT2D eigenvalue weighted by Gasteiger charge is -2.08. The monoisotopic (exact) mass is 365 g/mol. The highest BCUT2D eigenvalue weighted by Gasteiger charge is 2.17. The lowest BCUT2D eigenvalue weighted by atomic mass is 10.0. The first-order chi connectivity index (χ1) is 13.1. The average Bonchev–Trinajstić information content (AvgIpc) is 3.12. The smallest absolute Gasteiger partial charge is 0.256 e. The third-order valence-electron chi connectivity index (χ3n) is 4.25. The third-order valence-corrected chi connectivity index (χ3v) is 4.25. The van der Waals surface area contributed by atoms with Crippen LogP contribution in [-0.2, 0) is 0 Å². The number of carbonyl (C=O) groups excluding carboxylic acids is 1. The molecule has 0 aliphatic heterocycles. The van der Waals surface area contributed by atoms with E-state index in [1.165, 1.54) is 0 Å². The Kier molecular flexibility index (Phi) is 5.86. The standard InChI is InChI=1S/C21H23N3O3/c1-4-5-12-26-17-10-8-16(9-11-17)21(25)22-20-19(23-27-24-20)18-13-14(2)6-7-15(18)3/h6-11,13H,4-5,12H2,1-3H3,(H,22,24,25). The first-order valence-electron chi connectivity index (χ1n) is 9.03. The minimum absolute atomic E-state index is 0.280. The second-order valence-electron chi connectivity index (χ2n) is 6.46. The molecule has 3 aromatic rings. The van der Waals surface area contributed by atoms with Crippen LogP contribution in [0.3, 0.4) is 0 Å². The quantitative estimate of drug-likeness (QED) is 0.609. The molecule has 0 aliphatic rings. The van der Waals surface area contributed by atoms with E-state index >= 15 is 0 Å². The molecule has 27 heavy (non-hydrogen) atoms. The Morgan fingerprint density at radius 1 is 1.11 bits per heavy atom. The molecule has 0 radical (unpaired) electrons. The molecule has 6 nitrogen and oxygen atoms in total. The van der Waals surface area contributed by atoms with Crippen molar-refractivity contribution in [3.8, 4) is 17.0 Å². The van der Waals surface area contributed by atoms with Crippen molar-refractivity contribution >= 4 is 11.7 Å². The van der Waals surface area contributed by atoms with Gasteiger partial charge in [-0.1, -0.05) is 31.0 Å². The molecule has 1 aromatic heterocycles. The van der Waals surface area contributed by atoms with Crippen LogP contribution >= 0.6 is 0 Å². The van der Waals surface area contributed by atoms with Crippen LogP contribution in [0, 0.1) is 13.8 Å². The zero-order chi connectivity index (χ0) is 19.2. The van der Waals surface area contributed by atoms with Crippen molar-refractivity contribution in [1.29, 1.82) is 0 Å². The van der Waals surface area contributed by atoms with E-state index in [2.05, 4.69) is 22.6 Å². The number of hydrogen-bond donors (Lipinski definition) is 1. The zero-order valence-electron chi connectivity index (χ0n) is 15.8. The Balaban J connectivity index is 1.74. The van der Waals surface area contributed by atoms with Crippen LogP contribution in [-0.4, -0.2) is 22.8 Å². The average molecular weight is 365 g/mol. The van der Waals surface area contributed by atoms with Gasteiger partial charge in [0.25, 0.3) is 5.91 Å². The van der Waals surface area contributed by atoms with Crippen LogP contribution < -0.4 is 10.1 Å². The molecule has 6 heteroatoms. The van der Waals surface area contributed by atoms with Crippen molar-refractivity contribution in [2.24, 2.45) is 0 Å². The summed E-state index contributed by atoms with van der Waals surface area (Å²) in [4.78, 5) is 12.6. The van der Waals surface area contributed by atoms with E-state index in [1.54, 1.807) is 24.3 Å². The summed E-state index contributed by atoms with van der Waals surface area (Å²) < 4.78 is 10.5. The number of unbranched alkanes of at least 4 members (excludes halogenated alkanes) is 1. The highest BCUT2D eigenvalue weighted by Crippen LogP contribution is 2.28. The fourth-order valence-corrected chi connectivity index (χ4v) is 2.65. The predicted octanol–water partition coefficient (Wildman–Crippen LogP) is 4.78. The largest absolute Gasteiger partial charge is 0.494 e. The third kappa shape index (κ3) is 4.53. The SMILES string of the molecule is CCCCOc1ccc(C(=O)Nc2nonc2-c2cc(C)ccc2C)cc1. The van der Waals surface area contributed by atoms with Gasteiger partial charge in [-0.25, -0.2) is 4.63 Å². The van der Waals surface area contributed by atoms with Crippen molar-refractivity contribution in [2.45, 2.75) is 33.6 Å². The molecule has 3 rings (SSSR count). The Hall–Kier alpha value is -3.15. The summed E-state index contributed by atoms with van der Waals surface area (Å²) in [7, 11) is 0. The van der Waals surface area contributed by atoms with E-state index in [-0.39, 0.29) is 5.91 Å². The van der Waals surface area contributed by atoms with Gasteiger partial charge in [0.2, 0.25) is 5.82 Å². The van der Waals surface area contributed by atoms with Crippen LogP contribution in [0.15, 0.2) is 47.1 Å². The highest BCUT2D eigenvalue weighted by molar-refractivity contribution is 6.05. The number of ether oxygens (including phenoxy) is 1. The minimum Gasteiger partial charge on any atom is -0.494 e. The van der Waals surface area contributed by atoms with Gasteiger partial charge in [0.15, 0.2) is 5.69 Å².